The third kappa shape index (κ3) is 1.51. The predicted molar refractivity (Wildman–Crippen MR) is 68.3 cm³/mol. The van der Waals surface area contributed by atoms with Gasteiger partial charge in [-0.05, 0) is 19.4 Å². The Balaban J connectivity index is 2.26. The first-order chi connectivity index (χ1) is 8.68. The Bertz CT molecular complexity index is 633. The standard InChI is InChI=1S/C15H13NO2/c1-9-12-8-18-15(17)13(12)10(2)16-14(9)11-6-4-3-5-7-11/h3-7H,8H2,1-2H3. The van der Waals surface area contributed by atoms with Crippen molar-refractivity contribution in [1.29, 1.82) is 0 Å². The second-order valence-corrected chi connectivity index (χ2v) is 4.47. The zero-order valence-corrected chi connectivity index (χ0v) is 10.4. The Morgan fingerprint density at radius 1 is 1.17 bits per heavy atom. The number of fused-ring (bicyclic) bond motifs is 1. The van der Waals surface area contributed by atoms with Crippen LogP contribution in [0.4, 0.5) is 0 Å². The quantitative estimate of drug-likeness (QED) is 0.718. The van der Waals surface area contributed by atoms with Crippen molar-refractivity contribution in [1.82, 2.24) is 4.98 Å². The van der Waals surface area contributed by atoms with Crippen LogP contribution in [-0.2, 0) is 11.3 Å². The molecular formula is C15H13NO2. The number of esters is 1. The van der Waals surface area contributed by atoms with Gasteiger partial charge in [0, 0.05) is 11.1 Å². The van der Waals surface area contributed by atoms with Gasteiger partial charge in [-0.25, -0.2) is 4.79 Å². The number of nitrogens with zero attached hydrogens (tertiary/aromatic N) is 1. The minimum absolute atomic E-state index is 0.252. The smallest absolute Gasteiger partial charge is 0.340 e. The lowest BCUT2D eigenvalue weighted by Crippen LogP contribution is -2.03. The van der Waals surface area contributed by atoms with Crippen LogP contribution in [-0.4, -0.2) is 11.0 Å². The molecular weight excluding hydrogens is 226 g/mol. The van der Waals surface area contributed by atoms with E-state index >= 15 is 0 Å². The highest BCUT2D eigenvalue weighted by Gasteiger charge is 2.27. The van der Waals surface area contributed by atoms with Crippen molar-refractivity contribution in [2.45, 2.75) is 20.5 Å². The molecule has 0 radical (unpaired) electrons. The molecule has 0 unspecified atom stereocenters. The summed E-state index contributed by atoms with van der Waals surface area (Å²) >= 11 is 0. The largest absolute Gasteiger partial charge is 0.457 e. The Labute approximate surface area is 105 Å². The SMILES string of the molecule is Cc1nc(-c2ccccc2)c(C)c2c1C(=O)OC2. The zero-order valence-electron chi connectivity index (χ0n) is 10.4. The third-order valence-corrected chi connectivity index (χ3v) is 3.35. The summed E-state index contributed by atoms with van der Waals surface area (Å²) in [5.41, 5.74) is 5.41. The Morgan fingerprint density at radius 2 is 1.89 bits per heavy atom. The van der Waals surface area contributed by atoms with Crippen molar-refractivity contribution in [3.63, 3.8) is 0 Å². The molecule has 0 amide bonds. The molecule has 0 bridgehead atoms. The number of carbonyl (C=O) groups excluding carboxylic acids is 1. The van der Waals surface area contributed by atoms with Gasteiger partial charge in [-0.3, -0.25) is 4.98 Å². The maximum absolute atomic E-state index is 11.6. The van der Waals surface area contributed by atoms with Crippen molar-refractivity contribution < 1.29 is 9.53 Å². The lowest BCUT2D eigenvalue weighted by Gasteiger charge is -2.10. The van der Waals surface area contributed by atoms with E-state index in [0.29, 0.717) is 12.2 Å². The van der Waals surface area contributed by atoms with Crippen LogP contribution in [0, 0.1) is 13.8 Å². The first-order valence-corrected chi connectivity index (χ1v) is 5.91. The lowest BCUT2D eigenvalue weighted by molar-refractivity contribution is 0.0534. The van der Waals surface area contributed by atoms with Gasteiger partial charge in [0.05, 0.1) is 17.0 Å². The molecule has 0 spiro atoms. The average Bonchev–Trinajstić information content (AvgIpc) is 2.78. The van der Waals surface area contributed by atoms with Crippen LogP contribution in [0.1, 0.15) is 27.2 Å². The molecule has 90 valence electrons. The summed E-state index contributed by atoms with van der Waals surface area (Å²) < 4.78 is 5.10. The first kappa shape index (κ1) is 11.0. The van der Waals surface area contributed by atoms with Crippen LogP contribution in [0.5, 0.6) is 0 Å². The molecule has 2 aromatic rings. The van der Waals surface area contributed by atoms with Gasteiger partial charge >= 0.3 is 5.97 Å². The fourth-order valence-corrected chi connectivity index (χ4v) is 2.39. The first-order valence-electron chi connectivity index (χ1n) is 5.91. The molecule has 3 nitrogen and oxygen atoms in total. The maximum atomic E-state index is 11.6. The molecule has 0 atom stereocenters. The van der Waals surface area contributed by atoms with Crippen LogP contribution < -0.4 is 0 Å². The van der Waals surface area contributed by atoms with E-state index in [1.54, 1.807) is 0 Å². The van der Waals surface area contributed by atoms with Gasteiger partial charge in [0.15, 0.2) is 0 Å². The molecule has 1 aromatic carbocycles. The molecule has 0 saturated heterocycles. The molecule has 1 aliphatic rings. The molecule has 0 fully saturated rings. The van der Waals surface area contributed by atoms with Gasteiger partial charge in [0.25, 0.3) is 0 Å². The summed E-state index contributed by atoms with van der Waals surface area (Å²) in [4.78, 5) is 16.2. The molecule has 0 aliphatic carbocycles. The summed E-state index contributed by atoms with van der Waals surface area (Å²) in [6.45, 7) is 4.22. The number of cyclic esters (lactones) is 1. The molecule has 0 saturated carbocycles. The molecule has 18 heavy (non-hydrogen) atoms. The number of hydrogen-bond donors (Lipinski definition) is 0. The van der Waals surface area contributed by atoms with Gasteiger partial charge in [-0.15, -0.1) is 0 Å². The van der Waals surface area contributed by atoms with Crippen LogP contribution in [0.25, 0.3) is 11.3 Å². The summed E-state index contributed by atoms with van der Waals surface area (Å²) in [6.07, 6.45) is 0. The molecule has 2 heterocycles. The van der Waals surface area contributed by atoms with E-state index < -0.39 is 0 Å². The van der Waals surface area contributed by atoms with E-state index in [1.165, 1.54) is 0 Å². The van der Waals surface area contributed by atoms with Crippen molar-refractivity contribution >= 4 is 5.97 Å². The third-order valence-electron chi connectivity index (χ3n) is 3.35. The fourth-order valence-electron chi connectivity index (χ4n) is 2.39. The van der Waals surface area contributed by atoms with E-state index in [-0.39, 0.29) is 5.97 Å². The number of aromatic nitrogens is 1. The molecule has 3 heteroatoms. The lowest BCUT2D eigenvalue weighted by atomic mass is 9.98. The summed E-state index contributed by atoms with van der Waals surface area (Å²) in [5.74, 6) is -0.252. The molecule has 1 aliphatic heterocycles. The second-order valence-electron chi connectivity index (χ2n) is 4.47. The van der Waals surface area contributed by atoms with Gasteiger partial charge in [0.2, 0.25) is 0 Å². The normalized spacial score (nSPS) is 13.3. The number of rotatable bonds is 1. The number of benzene rings is 1. The summed E-state index contributed by atoms with van der Waals surface area (Å²) in [7, 11) is 0. The highest BCUT2D eigenvalue weighted by Crippen LogP contribution is 2.31. The number of ether oxygens (including phenoxy) is 1. The van der Waals surface area contributed by atoms with E-state index in [4.69, 9.17) is 4.74 Å². The minimum Gasteiger partial charge on any atom is -0.457 e. The predicted octanol–water partition coefficient (Wildman–Crippen LogP) is 3.04. The van der Waals surface area contributed by atoms with Gasteiger partial charge in [0.1, 0.15) is 6.61 Å². The maximum Gasteiger partial charge on any atom is 0.340 e. The van der Waals surface area contributed by atoms with Gasteiger partial charge < -0.3 is 4.74 Å². The summed E-state index contributed by atoms with van der Waals surface area (Å²) in [5, 5.41) is 0. The highest BCUT2D eigenvalue weighted by atomic mass is 16.5. The summed E-state index contributed by atoms with van der Waals surface area (Å²) in [6, 6.07) is 10.0. The van der Waals surface area contributed by atoms with E-state index in [2.05, 4.69) is 4.98 Å². The number of carbonyl (C=O) groups is 1. The van der Waals surface area contributed by atoms with Gasteiger partial charge in [-0.1, -0.05) is 30.3 Å². The zero-order chi connectivity index (χ0) is 12.7. The van der Waals surface area contributed by atoms with Crippen molar-refractivity contribution in [3.8, 4) is 11.3 Å². The molecule has 0 N–H and O–H groups in total. The Kier molecular flexibility index (Phi) is 2.40. The van der Waals surface area contributed by atoms with Crippen LogP contribution in [0.2, 0.25) is 0 Å². The van der Waals surface area contributed by atoms with Crippen molar-refractivity contribution in [3.05, 3.63) is 52.7 Å². The van der Waals surface area contributed by atoms with E-state index in [1.807, 2.05) is 44.2 Å². The van der Waals surface area contributed by atoms with Crippen LogP contribution >= 0.6 is 0 Å². The second kappa shape index (κ2) is 3.95. The van der Waals surface area contributed by atoms with Crippen LogP contribution in [0.3, 0.4) is 0 Å². The monoisotopic (exact) mass is 239 g/mol. The van der Waals surface area contributed by atoms with Crippen molar-refractivity contribution in [2.24, 2.45) is 0 Å². The molecule has 3 rings (SSSR count). The number of aryl methyl sites for hydroxylation is 1. The Morgan fingerprint density at radius 3 is 2.61 bits per heavy atom. The van der Waals surface area contributed by atoms with E-state index in [0.717, 1.165) is 28.1 Å². The average molecular weight is 239 g/mol. The van der Waals surface area contributed by atoms with Crippen LogP contribution in [0.15, 0.2) is 30.3 Å². The topological polar surface area (TPSA) is 39.2 Å². The highest BCUT2D eigenvalue weighted by molar-refractivity contribution is 5.95. The van der Waals surface area contributed by atoms with Crippen molar-refractivity contribution in [2.75, 3.05) is 0 Å². The minimum atomic E-state index is -0.252. The van der Waals surface area contributed by atoms with E-state index in [9.17, 15) is 4.79 Å². The Hall–Kier alpha value is -2.16. The van der Waals surface area contributed by atoms with Gasteiger partial charge in [-0.2, -0.15) is 0 Å². The number of hydrogen-bond acceptors (Lipinski definition) is 3. The number of pyridine rings is 1. The fraction of sp³-hybridized carbons (Fsp3) is 0.200. The molecule has 1 aromatic heterocycles.